The van der Waals surface area contributed by atoms with E-state index in [2.05, 4.69) is 11.6 Å². The fraction of sp³-hybridized carbons (Fsp3) is 0.292. The van der Waals surface area contributed by atoms with E-state index in [4.69, 9.17) is 14.5 Å². The summed E-state index contributed by atoms with van der Waals surface area (Å²) in [6.07, 6.45) is 6.65. The minimum absolute atomic E-state index is 0.0132. The van der Waals surface area contributed by atoms with Crippen LogP contribution in [0.1, 0.15) is 36.2 Å². The molecule has 0 aromatic carbocycles. The largest absolute Gasteiger partial charge is 0.491 e. The third-order valence-electron chi connectivity index (χ3n) is 4.80. The normalized spacial score (nSPS) is 11.9. The molecule has 3 aromatic heterocycles. The minimum Gasteiger partial charge on any atom is -0.491 e. The van der Waals surface area contributed by atoms with E-state index in [1.807, 2.05) is 19.9 Å². The van der Waals surface area contributed by atoms with Crippen LogP contribution in [-0.2, 0) is 20.8 Å². The fourth-order valence-corrected chi connectivity index (χ4v) is 3.38. The highest BCUT2D eigenvalue weighted by Crippen LogP contribution is 2.14. The van der Waals surface area contributed by atoms with E-state index in [0.717, 1.165) is 5.56 Å². The molecule has 33 heavy (non-hydrogen) atoms. The number of hydrogen-bond acceptors (Lipinski definition) is 6. The number of aromatic nitrogens is 3. The summed E-state index contributed by atoms with van der Waals surface area (Å²) in [4.78, 5) is 47.5. The summed E-state index contributed by atoms with van der Waals surface area (Å²) in [5, 5.41) is 0.228. The highest BCUT2D eigenvalue weighted by Gasteiger charge is 2.20. The first kappa shape index (κ1) is 23.6. The Morgan fingerprint density at radius 3 is 2.76 bits per heavy atom. The zero-order valence-electron chi connectivity index (χ0n) is 18.9. The summed E-state index contributed by atoms with van der Waals surface area (Å²) in [6.45, 7) is 9.16. The molecule has 0 aliphatic heterocycles. The second-order valence-corrected chi connectivity index (χ2v) is 7.17. The topological polar surface area (TPSA) is 104 Å². The fourth-order valence-electron chi connectivity index (χ4n) is 3.38. The maximum absolute atomic E-state index is 13.3. The lowest BCUT2D eigenvalue weighted by Crippen LogP contribution is -2.33. The number of amides is 1. The zero-order chi connectivity index (χ0) is 24.0. The van der Waals surface area contributed by atoms with Crippen molar-refractivity contribution in [1.82, 2.24) is 14.0 Å². The van der Waals surface area contributed by atoms with Crippen molar-refractivity contribution >= 4 is 28.6 Å². The van der Waals surface area contributed by atoms with Crippen LogP contribution in [0.15, 0.2) is 59.2 Å². The molecule has 172 valence electrons. The van der Waals surface area contributed by atoms with Gasteiger partial charge < -0.3 is 14.0 Å². The van der Waals surface area contributed by atoms with Crippen LogP contribution in [-0.4, -0.2) is 39.0 Å². The predicted octanol–water partition coefficient (Wildman–Crippen LogP) is 2.69. The van der Waals surface area contributed by atoms with Gasteiger partial charge in [0.2, 0.25) is 0 Å². The lowest BCUT2D eigenvalue weighted by Gasteiger charge is -2.15. The molecule has 0 fully saturated rings. The number of aryl methyl sites for hydroxylation is 2. The van der Waals surface area contributed by atoms with Crippen molar-refractivity contribution in [2.75, 3.05) is 13.2 Å². The smallest absolute Gasteiger partial charge is 0.341 e. The number of hydrogen-bond donors (Lipinski definition) is 0. The molecule has 3 aromatic rings. The summed E-state index contributed by atoms with van der Waals surface area (Å²) in [5.74, 6) is -1.29. The molecule has 0 atom stereocenters. The third-order valence-corrected chi connectivity index (χ3v) is 4.80. The molecule has 3 heterocycles. The standard InChI is InChI=1S/C24H26N4O5/c1-5-8-13-32-15-19(29)25-22-18(24(31)33-7-3)14-17-21(27(22)11-6-2)26-20-16(4)10-9-12-28(20)23(17)30/h5,8-10,12-14H,1,6-7,11,15H2,2-4H3/b13-8-,25-22?. The number of carbonyl (C=O) groups is 2. The summed E-state index contributed by atoms with van der Waals surface area (Å²) >= 11 is 0. The quantitative estimate of drug-likeness (QED) is 0.226. The van der Waals surface area contributed by atoms with Gasteiger partial charge in [0.05, 0.1) is 18.3 Å². The number of pyridine rings is 2. The maximum Gasteiger partial charge on any atom is 0.341 e. The Morgan fingerprint density at radius 1 is 1.27 bits per heavy atom. The molecule has 0 spiro atoms. The van der Waals surface area contributed by atoms with E-state index in [0.29, 0.717) is 24.3 Å². The van der Waals surface area contributed by atoms with Crippen LogP contribution >= 0.6 is 0 Å². The van der Waals surface area contributed by atoms with Gasteiger partial charge in [-0.2, -0.15) is 4.99 Å². The molecule has 0 bridgehead atoms. The van der Waals surface area contributed by atoms with Crippen LogP contribution < -0.4 is 11.0 Å². The SMILES string of the molecule is C=C/C=C\OCC(=O)N=c1c(C(=O)OCC)cc2c(=O)n3cccc(C)c3nc2n1CCC. The number of rotatable bonds is 8. The van der Waals surface area contributed by atoms with Crippen LogP contribution in [0.25, 0.3) is 16.7 Å². The van der Waals surface area contributed by atoms with E-state index in [9.17, 15) is 14.4 Å². The van der Waals surface area contributed by atoms with Gasteiger partial charge in [0, 0.05) is 12.7 Å². The second kappa shape index (κ2) is 10.5. The van der Waals surface area contributed by atoms with E-state index in [1.54, 1.807) is 23.8 Å². The van der Waals surface area contributed by atoms with Crippen LogP contribution in [0, 0.1) is 6.92 Å². The number of carbonyl (C=O) groups excluding carboxylic acids is 2. The lowest BCUT2D eigenvalue weighted by molar-refractivity contribution is -0.120. The van der Waals surface area contributed by atoms with Crippen LogP contribution in [0.3, 0.4) is 0 Å². The van der Waals surface area contributed by atoms with Gasteiger partial charge in [-0.25, -0.2) is 9.78 Å². The molecule has 9 heteroatoms. The van der Waals surface area contributed by atoms with Gasteiger partial charge in [0.1, 0.15) is 16.9 Å². The third kappa shape index (κ3) is 4.92. The molecular formula is C24H26N4O5. The Hall–Kier alpha value is -4.01. The van der Waals surface area contributed by atoms with Crippen LogP contribution in [0.2, 0.25) is 0 Å². The van der Waals surface area contributed by atoms with Gasteiger partial charge in [0.25, 0.3) is 11.5 Å². The van der Waals surface area contributed by atoms with E-state index in [1.165, 1.54) is 28.9 Å². The van der Waals surface area contributed by atoms with Gasteiger partial charge in [-0.3, -0.25) is 14.0 Å². The van der Waals surface area contributed by atoms with Crippen molar-refractivity contribution in [2.45, 2.75) is 33.7 Å². The number of nitrogens with zero attached hydrogens (tertiary/aromatic N) is 4. The molecule has 0 saturated heterocycles. The first-order chi connectivity index (χ1) is 15.9. The second-order valence-electron chi connectivity index (χ2n) is 7.17. The van der Waals surface area contributed by atoms with Crippen molar-refractivity contribution in [2.24, 2.45) is 4.99 Å². The van der Waals surface area contributed by atoms with Gasteiger partial charge in [-0.1, -0.05) is 25.6 Å². The van der Waals surface area contributed by atoms with Gasteiger partial charge in [-0.05, 0) is 44.0 Å². The van der Waals surface area contributed by atoms with Crippen LogP contribution in [0.5, 0.6) is 0 Å². The van der Waals surface area contributed by atoms with Crippen molar-refractivity contribution in [3.63, 3.8) is 0 Å². The first-order valence-corrected chi connectivity index (χ1v) is 10.6. The van der Waals surface area contributed by atoms with Gasteiger partial charge in [-0.15, -0.1) is 0 Å². The Bertz CT molecular complexity index is 1380. The average Bonchev–Trinajstić information content (AvgIpc) is 2.79. The molecule has 0 aliphatic carbocycles. The number of allylic oxidation sites excluding steroid dienone is 2. The molecule has 1 amide bonds. The average molecular weight is 450 g/mol. The minimum atomic E-state index is -0.683. The van der Waals surface area contributed by atoms with E-state index >= 15 is 0 Å². The summed E-state index contributed by atoms with van der Waals surface area (Å²) < 4.78 is 13.4. The molecule has 3 rings (SSSR count). The molecule has 9 nitrogen and oxygen atoms in total. The number of esters is 1. The highest BCUT2D eigenvalue weighted by molar-refractivity contribution is 5.93. The molecular weight excluding hydrogens is 424 g/mol. The lowest BCUT2D eigenvalue weighted by atomic mass is 10.2. The highest BCUT2D eigenvalue weighted by atomic mass is 16.5. The van der Waals surface area contributed by atoms with Gasteiger partial charge in [0.15, 0.2) is 12.1 Å². The zero-order valence-corrected chi connectivity index (χ0v) is 18.9. The van der Waals surface area contributed by atoms with E-state index in [-0.39, 0.29) is 35.2 Å². The number of ether oxygens (including phenoxy) is 2. The van der Waals surface area contributed by atoms with Crippen molar-refractivity contribution < 1.29 is 19.1 Å². The summed E-state index contributed by atoms with van der Waals surface area (Å²) in [5.41, 5.74) is 1.39. The molecule has 0 N–H and O–H groups in total. The molecule has 0 radical (unpaired) electrons. The Balaban J connectivity index is 2.38. The molecule has 0 aliphatic rings. The molecule has 0 unspecified atom stereocenters. The van der Waals surface area contributed by atoms with Crippen LogP contribution in [0.4, 0.5) is 0 Å². The van der Waals surface area contributed by atoms with E-state index < -0.39 is 11.9 Å². The van der Waals surface area contributed by atoms with Crippen molar-refractivity contribution in [3.8, 4) is 0 Å². The monoisotopic (exact) mass is 450 g/mol. The van der Waals surface area contributed by atoms with Crippen molar-refractivity contribution in [3.05, 3.63) is 76.4 Å². The summed E-state index contributed by atoms with van der Waals surface area (Å²) in [6, 6.07) is 5.01. The Labute approximate surface area is 190 Å². The number of fused-ring (bicyclic) bond motifs is 2. The Morgan fingerprint density at radius 2 is 2.06 bits per heavy atom. The summed E-state index contributed by atoms with van der Waals surface area (Å²) in [7, 11) is 0. The Kier molecular flexibility index (Phi) is 7.55. The first-order valence-electron chi connectivity index (χ1n) is 10.6. The maximum atomic E-state index is 13.3. The predicted molar refractivity (Wildman–Crippen MR) is 124 cm³/mol. The van der Waals surface area contributed by atoms with Gasteiger partial charge >= 0.3 is 5.97 Å². The molecule has 0 saturated carbocycles. The van der Waals surface area contributed by atoms with Crippen molar-refractivity contribution in [1.29, 1.82) is 0 Å².